The Bertz CT molecular complexity index is 690. The fraction of sp³-hybridized carbons (Fsp3) is 0.211. The average molecular weight is 311 g/mol. The average Bonchev–Trinajstić information content (AvgIpc) is 2.56. The number of nitrogen functional groups attached to an aromatic ring is 1. The van der Waals surface area contributed by atoms with E-state index in [0.29, 0.717) is 24.3 Å². The molecule has 0 radical (unpaired) electrons. The van der Waals surface area contributed by atoms with Crippen LogP contribution >= 0.6 is 0 Å². The Labute approximate surface area is 136 Å². The number of methoxy groups -OCH3 is 1. The second kappa shape index (κ2) is 8.03. The fourth-order valence-electron chi connectivity index (χ4n) is 2.23. The van der Waals surface area contributed by atoms with E-state index in [2.05, 4.69) is 0 Å². The number of anilines is 1. The van der Waals surface area contributed by atoms with Gasteiger partial charge in [0.05, 0.1) is 19.3 Å². The molecule has 0 spiro atoms. The summed E-state index contributed by atoms with van der Waals surface area (Å²) in [4.78, 5) is 12.0. The van der Waals surface area contributed by atoms with Crippen molar-refractivity contribution in [3.05, 3.63) is 65.2 Å². The highest BCUT2D eigenvalue weighted by Gasteiger charge is 2.11. The predicted molar refractivity (Wildman–Crippen MR) is 92.5 cm³/mol. The smallest absolute Gasteiger partial charge is 0.338 e. The van der Waals surface area contributed by atoms with E-state index < -0.39 is 0 Å². The lowest BCUT2D eigenvalue weighted by atomic mass is 10.0. The third kappa shape index (κ3) is 4.61. The fourth-order valence-corrected chi connectivity index (χ4v) is 2.23. The highest BCUT2D eigenvalue weighted by Crippen LogP contribution is 2.17. The Hall–Kier alpha value is -2.75. The minimum absolute atomic E-state index is 0.319. The van der Waals surface area contributed by atoms with Gasteiger partial charge in [-0.25, -0.2) is 4.79 Å². The molecular formula is C19H21NO3. The zero-order valence-corrected chi connectivity index (χ0v) is 13.4. The van der Waals surface area contributed by atoms with Gasteiger partial charge in [-0.3, -0.25) is 0 Å². The summed E-state index contributed by atoms with van der Waals surface area (Å²) in [5.41, 5.74) is 8.93. The van der Waals surface area contributed by atoms with E-state index in [1.807, 2.05) is 42.5 Å². The van der Waals surface area contributed by atoms with E-state index in [0.717, 1.165) is 16.9 Å². The van der Waals surface area contributed by atoms with Crippen molar-refractivity contribution in [1.29, 1.82) is 0 Å². The third-order valence-corrected chi connectivity index (χ3v) is 3.39. The first-order valence-electron chi connectivity index (χ1n) is 7.50. The minimum Gasteiger partial charge on any atom is -0.497 e. The van der Waals surface area contributed by atoms with Crippen LogP contribution in [-0.2, 0) is 11.2 Å². The third-order valence-electron chi connectivity index (χ3n) is 3.39. The molecule has 0 atom stereocenters. The van der Waals surface area contributed by atoms with Crippen molar-refractivity contribution in [3.8, 4) is 5.75 Å². The summed E-state index contributed by atoms with van der Waals surface area (Å²) in [5.74, 6) is 0.503. The zero-order chi connectivity index (χ0) is 16.7. The first-order chi connectivity index (χ1) is 11.1. The van der Waals surface area contributed by atoms with Crippen LogP contribution in [0, 0.1) is 0 Å². The van der Waals surface area contributed by atoms with E-state index in [4.69, 9.17) is 15.2 Å². The van der Waals surface area contributed by atoms with E-state index in [-0.39, 0.29) is 5.97 Å². The van der Waals surface area contributed by atoms with Crippen molar-refractivity contribution in [2.45, 2.75) is 13.3 Å². The normalized spacial score (nSPS) is 10.7. The van der Waals surface area contributed by atoms with Gasteiger partial charge >= 0.3 is 5.97 Å². The minimum atomic E-state index is -0.319. The Kier molecular flexibility index (Phi) is 5.80. The molecular weight excluding hydrogens is 290 g/mol. The van der Waals surface area contributed by atoms with Crippen molar-refractivity contribution < 1.29 is 14.3 Å². The van der Waals surface area contributed by atoms with Gasteiger partial charge < -0.3 is 15.2 Å². The molecule has 2 N–H and O–H groups in total. The van der Waals surface area contributed by atoms with E-state index >= 15 is 0 Å². The number of ether oxygens (including phenoxy) is 2. The highest BCUT2D eigenvalue weighted by atomic mass is 16.5. The largest absolute Gasteiger partial charge is 0.497 e. The molecule has 0 aliphatic heterocycles. The number of carbonyl (C=O) groups is 1. The maximum Gasteiger partial charge on any atom is 0.338 e. The van der Waals surface area contributed by atoms with Gasteiger partial charge in [-0.2, -0.15) is 0 Å². The molecule has 0 unspecified atom stereocenters. The molecule has 4 heteroatoms. The van der Waals surface area contributed by atoms with Gasteiger partial charge in [-0.05, 0) is 54.8 Å². The summed E-state index contributed by atoms with van der Waals surface area (Å²) >= 11 is 0. The molecule has 2 aromatic carbocycles. The van der Waals surface area contributed by atoms with E-state index in [1.54, 1.807) is 26.2 Å². The Balaban J connectivity index is 2.13. The molecule has 0 amide bonds. The molecule has 0 heterocycles. The summed E-state index contributed by atoms with van der Waals surface area (Å²) in [6.45, 7) is 2.14. The molecule has 0 saturated heterocycles. The Morgan fingerprint density at radius 1 is 1.17 bits per heavy atom. The number of allylic oxidation sites excluding steroid dienone is 1. The van der Waals surface area contributed by atoms with Gasteiger partial charge in [0.1, 0.15) is 5.75 Å². The van der Waals surface area contributed by atoms with Gasteiger partial charge in [0.2, 0.25) is 0 Å². The molecule has 0 bridgehead atoms. The lowest BCUT2D eigenvalue weighted by Crippen LogP contribution is -2.08. The Morgan fingerprint density at radius 2 is 1.91 bits per heavy atom. The first kappa shape index (κ1) is 16.6. The number of nitrogens with two attached hydrogens (primary N) is 1. The number of rotatable bonds is 6. The molecule has 2 rings (SSSR count). The van der Waals surface area contributed by atoms with Crippen molar-refractivity contribution >= 4 is 17.7 Å². The van der Waals surface area contributed by atoms with Gasteiger partial charge in [0.15, 0.2) is 0 Å². The van der Waals surface area contributed by atoms with Crippen LogP contribution in [-0.4, -0.2) is 19.7 Å². The number of benzene rings is 2. The second-order valence-electron chi connectivity index (χ2n) is 5.02. The van der Waals surface area contributed by atoms with Crippen molar-refractivity contribution in [3.63, 3.8) is 0 Å². The summed E-state index contributed by atoms with van der Waals surface area (Å²) in [6, 6.07) is 13.0. The van der Waals surface area contributed by atoms with Gasteiger partial charge in [-0.1, -0.05) is 24.3 Å². The van der Waals surface area contributed by atoms with Crippen molar-refractivity contribution in [1.82, 2.24) is 0 Å². The molecule has 120 valence electrons. The lowest BCUT2D eigenvalue weighted by Gasteiger charge is -2.08. The van der Waals surface area contributed by atoms with Crippen LogP contribution in [0.1, 0.15) is 28.4 Å². The van der Waals surface area contributed by atoms with Gasteiger partial charge in [-0.15, -0.1) is 0 Å². The quantitative estimate of drug-likeness (QED) is 0.652. The molecule has 0 saturated carbocycles. The summed E-state index contributed by atoms with van der Waals surface area (Å²) in [7, 11) is 1.64. The van der Waals surface area contributed by atoms with Crippen molar-refractivity contribution in [2.75, 3.05) is 19.5 Å². The van der Waals surface area contributed by atoms with Crippen LogP contribution in [0.25, 0.3) is 6.08 Å². The van der Waals surface area contributed by atoms with E-state index in [1.165, 1.54) is 0 Å². The molecule has 2 aromatic rings. The maximum absolute atomic E-state index is 12.0. The second-order valence-corrected chi connectivity index (χ2v) is 5.02. The Morgan fingerprint density at radius 3 is 2.57 bits per heavy atom. The maximum atomic E-state index is 12.0. The SMILES string of the molecule is CCOC(=O)c1ccc(N)cc1CC=Cc1ccc(OC)cc1. The molecule has 0 aromatic heterocycles. The monoisotopic (exact) mass is 311 g/mol. The summed E-state index contributed by atoms with van der Waals surface area (Å²) < 4.78 is 10.2. The van der Waals surface area contributed by atoms with Crippen LogP contribution in [0.5, 0.6) is 5.75 Å². The number of carbonyl (C=O) groups excluding carboxylic acids is 1. The lowest BCUT2D eigenvalue weighted by molar-refractivity contribution is 0.0525. The molecule has 0 aliphatic carbocycles. The van der Waals surface area contributed by atoms with Crippen LogP contribution in [0.3, 0.4) is 0 Å². The van der Waals surface area contributed by atoms with Crippen molar-refractivity contribution in [2.24, 2.45) is 0 Å². The molecule has 0 fully saturated rings. The number of hydrogen-bond donors (Lipinski definition) is 1. The summed E-state index contributed by atoms with van der Waals surface area (Å²) in [6.07, 6.45) is 4.60. The number of esters is 1. The summed E-state index contributed by atoms with van der Waals surface area (Å²) in [5, 5.41) is 0. The molecule has 4 nitrogen and oxygen atoms in total. The van der Waals surface area contributed by atoms with Gasteiger partial charge in [0.25, 0.3) is 0 Å². The zero-order valence-electron chi connectivity index (χ0n) is 13.4. The standard InChI is InChI=1S/C19H21NO3/c1-3-23-19(21)18-12-9-16(20)13-15(18)6-4-5-14-7-10-17(22-2)11-8-14/h4-5,7-13H,3,6,20H2,1-2H3. The molecule has 23 heavy (non-hydrogen) atoms. The van der Waals surface area contributed by atoms with Gasteiger partial charge in [0, 0.05) is 5.69 Å². The van der Waals surface area contributed by atoms with Crippen LogP contribution < -0.4 is 10.5 Å². The van der Waals surface area contributed by atoms with Crippen LogP contribution in [0.4, 0.5) is 5.69 Å². The molecule has 0 aliphatic rings. The van der Waals surface area contributed by atoms with Crippen LogP contribution in [0.15, 0.2) is 48.5 Å². The van der Waals surface area contributed by atoms with E-state index in [9.17, 15) is 4.79 Å². The predicted octanol–water partition coefficient (Wildman–Crippen LogP) is 3.71. The topological polar surface area (TPSA) is 61.5 Å². The highest BCUT2D eigenvalue weighted by molar-refractivity contribution is 5.91. The first-order valence-corrected chi connectivity index (χ1v) is 7.50. The van der Waals surface area contributed by atoms with Crippen LogP contribution in [0.2, 0.25) is 0 Å². The number of hydrogen-bond acceptors (Lipinski definition) is 4.